The maximum atomic E-state index is 12.6. The molecule has 0 atom stereocenters. The van der Waals surface area contributed by atoms with Crippen molar-refractivity contribution in [2.24, 2.45) is 0 Å². The molecule has 1 aromatic heterocycles. The van der Waals surface area contributed by atoms with Crippen LogP contribution in [0.1, 0.15) is 5.82 Å². The molecule has 0 aliphatic carbocycles. The molecule has 3 aromatic rings. The molecule has 0 aliphatic rings. The minimum atomic E-state index is -3.82. The number of rotatable bonds is 7. The SMILES string of the molecule is COc1ccc(S(=O)(=O)NCc2nnnn2-c2ccc(Cl)cc2)cc1OC. The van der Waals surface area contributed by atoms with E-state index in [1.165, 1.54) is 37.1 Å². The van der Waals surface area contributed by atoms with Crippen LogP contribution in [0.5, 0.6) is 11.5 Å². The number of nitrogens with one attached hydrogen (secondary N) is 1. The van der Waals surface area contributed by atoms with Gasteiger partial charge in [0.25, 0.3) is 0 Å². The number of nitrogens with zero attached hydrogens (tertiary/aromatic N) is 4. The summed E-state index contributed by atoms with van der Waals surface area (Å²) in [7, 11) is -0.910. The summed E-state index contributed by atoms with van der Waals surface area (Å²) in [6.07, 6.45) is 0. The summed E-state index contributed by atoms with van der Waals surface area (Å²) in [5, 5.41) is 11.9. The van der Waals surface area contributed by atoms with Crippen molar-refractivity contribution in [3.8, 4) is 17.2 Å². The van der Waals surface area contributed by atoms with Crippen LogP contribution in [0, 0.1) is 0 Å². The monoisotopic (exact) mass is 409 g/mol. The van der Waals surface area contributed by atoms with Crippen molar-refractivity contribution in [2.45, 2.75) is 11.4 Å². The highest BCUT2D eigenvalue weighted by Gasteiger charge is 2.19. The molecular weight excluding hydrogens is 394 g/mol. The van der Waals surface area contributed by atoms with Crippen LogP contribution in [0.4, 0.5) is 0 Å². The Balaban J connectivity index is 1.81. The zero-order valence-electron chi connectivity index (χ0n) is 14.5. The van der Waals surface area contributed by atoms with Gasteiger partial charge in [-0.1, -0.05) is 11.6 Å². The summed E-state index contributed by atoms with van der Waals surface area (Å²) in [6.45, 7) is -0.105. The molecule has 9 nitrogen and oxygen atoms in total. The maximum Gasteiger partial charge on any atom is 0.241 e. The number of sulfonamides is 1. The summed E-state index contributed by atoms with van der Waals surface area (Å²) in [6, 6.07) is 11.2. The molecule has 0 radical (unpaired) electrons. The van der Waals surface area contributed by atoms with E-state index in [0.29, 0.717) is 28.0 Å². The molecule has 3 rings (SSSR count). The second-order valence-electron chi connectivity index (χ2n) is 5.32. The molecule has 0 amide bonds. The number of aromatic nitrogens is 4. The lowest BCUT2D eigenvalue weighted by molar-refractivity contribution is 0.354. The summed E-state index contributed by atoms with van der Waals surface area (Å²) in [5.74, 6) is 1.07. The number of methoxy groups -OCH3 is 2. The van der Waals surface area contributed by atoms with Gasteiger partial charge in [0.05, 0.1) is 31.3 Å². The third kappa shape index (κ3) is 4.18. The fraction of sp³-hybridized carbons (Fsp3) is 0.188. The molecule has 2 aromatic carbocycles. The Morgan fingerprint density at radius 1 is 1.07 bits per heavy atom. The van der Waals surface area contributed by atoms with Crippen molar-refractivity contribution in [1.29, 1.82) is 0 Å². The Bertz CT molecular complexity index is 1040. The van der Waals surface area contributed by atoms with Crippen molar-refractivity contribution in [3.63, 3.8) is 0 Å². The number of hydrogen-bond acceptors (Lipinski definition) is 7. The smallest absolute Gasteiger partial charge is 0.241 e. The first-order chi connectivity index (χ1) is 12.9. The van der Waals surface area contributed by atoms with Gasteiger partial charge in [-0.25, -0.2) is 13.1 Å². The topological polar surface area (TPSA) is 108 Å². The Hall–Kier alpha value is -2.69. The standard InChI is InChI=1S/C16H16ClN5O4S/c1-25-14-8-7-13(9-15(14)26-2)27(23,24)18-10-16-19-20-21-22(16)12-5-3-11(17)4-6-12/h3-9,18H,10H2,1-2H3. The molecule has 1 heterocycles. The molecule has 11 heteroatoms. The van der Waals surface area contributed by atoms with Crippen LogP contribution in [0.25, 0.3) is 5.69 Å². The average molecular weight is 410 g/mol. The summed E-state index contributed by atoms with van der Waals surface area (Å²) >= 11 is 5.88. The van der Waals surface area contributed by atoms with Gasteiger partial charge in [0.1, 0.15) is 0 Å². The number of halogens is 1. The lowest BCUT2D eigenvalue weighted by atomic mass is 10.3. The molecule has 0 fully saturated rings. The molecule has 0 bridgehead atoms. The van der Waals surface area contributed by atoms with Crippen LogP contribution >= 0.6 is 11.6 Å². The van der Waals surface area contributed by atoms with E-state index in [0.717, 1.165) is 0 Å². The molecule has 0 saturated carbocycles. The van der Waals surface area contributed by atoms with Crippen molar-refractivity contribution in [1.82, 2.24) is 24.9 Å². The highest BCUT2D eigenvalue weighted by Crippen LogP contribution is 2.29. The summed E-state index contributed by atoms with van der Waals surface area (Å²) in [5.41, 5.74) is 0.657. The van der Waals surface area contributed by atoms with Gasteiger partial charge in [-0.2, -0.15) is 4.68 Å². The van der Waals surface area contributed by atoms with Crippen molar-refractivity contribution >= 4 is 21.6 Å². The van der Waals surface area contributed by atoms with Gasteiger partial charge in [-0.3, -0.25) is 0 Å². The third-order valence-corrected chi connectivity index (χ3v) is 5.34. The summed E-state index contributed by atoms with van der Waals surface area (Å²) < 4.78 is 39.3. The van der Waals surface area contributed by atoms with Gasteiger partial charge < -0.3 is 9.47 Å². The largest absolute Gasteiger partial charge is 0.493 e. The van der Waals surface area contributed by atoms with E-state index in [4.69, 9.17) is 21.1 Å². The van der Waals surface area contributed by atoms with E-state index in [1.54, 1.807) is 24.3 Å². The first kappa shape index (κ1) is 19.1. The number of ether oxygens (including phenoxy) is 2. The Morgan fingerprint density at radius 2 is 1.78 bits per heavy atom. The Labute approximate surface area is 160 Å². The van der Waals surface area contributed by atoms with Gasteiger partial charge >= 0.3 is 0 Å². The van der Waals surface area contributed by atoms with Gasteiger partial charge in [0, 0.05) is 11.1 Å². The highest BCUT2D eigenvalue weighted by atomic mass is 35.5. The van der Waals surface area contributed by atoms with Crippen LogP contribution in [0.15, 0.2) is 47.4 Å². The van der Waals surface area contributed by atoms with Crippen LogP contribution in [-0.4, -0.2) is 42.8 Å². The first-order valence-electron chi connectivity index (χ1n) is 7.69. The minimum Gasteiger partial charge on any atom is -0.493 e. The lowest BCUT2D eigenvalue weighted by Gasteiger charge is -2.11. The quantitative estimate of drug-likeness (QED) is 0.633. The molecule has 0 spiro atoms. The first-order valence-corrected chi connectivity index (χ1v) is 9.55. The van der Waals surface area contributed by atoms with Gasteiger partial charge in [-0.05, 0) is 46.8 Å². The summed E-state index contributed by atoms with van der Waals surface area (Å²) in [4.78, 5) is 0.0330. The van der Waals surface area contributed by atoms with E-state index in [9.17, 15) is 8.42 Å². The zero-order chi connectivity index (χ0) is 19.4. The minimum absolute atomic E-state index is 0.0330. The molecule has 0 aliphatic heterocycles. The van der Waals surface area contributed by atoms with E-state index in [1.807, 2.05) is 0 Å². The molecule has 0 saturated heterocycles. The van der Waals surface area contributed by atoms with Crippen molar-refractivity contribution < 1.29 is 17.9 Å². The third-order valence-electron chi connectivity index (χ3n) is 3.69. The normalized spacial score (nSPS) is 11.4. The lowest BCUT2D eigenvalue weighted by Crippen LogP contribution is -2.25. The predicted octanol–water partition coefficient (Wildman–Crippen LogP) is 1.81. The second-order valence-corrected chi connectivity index (χ2v) is 7.53. The molecular formula is C16H16ClN5O4S. The van der Waals surface area contributed by atoms with Crippen molar-refractivity contribution in [3.05, 3.63) is 53.3 Å². The van der Waals surface area contributed by atoms with Crippen LogP contribution in [0.2, 0.25) is 5.02 Å². The average Bonchev–Trinajstić information content (AvgIpc) is 3.15. The van der Waals surface area contributed by atoms with Gasteiger partial charge in [0.2, 0.25) is 10.0 Å². The van der Waals surface area contributed by atoms with E-state index in [2.05, 4.69) is 20.2 Å². The van der Waals surface area contributed by atoms with Gasteiger partial charge in [-0.15, -0.1) is 5.10 Å². The highest BCUT2D eigenvalue weighted by molar-refractivity contribution is 7.89. The zero-order valence-corrected chi connectivity index (χ0v) is 16.0. The number of hydrogen-bond donors (Lipinski definition) is 1. The van der Waals surface area contributed by atoms with Gasteiger partial charge in [0.15, 0.2) is 17.3 Å². The van der Waals surface area contributed by atoms with Crippen LogP contribution in [0.3, 0.4) is 0 Å². The number of benzene rings is 2. The Morgan fingerprint density at radius 3 is 2.44 bits per heavy atom. The van der Waals surface area contributed by atoms with E-state index >= 15 is 0 Å². The maximum absolute atomic E-state index is 12.6. The molecule has 0 unspecified atom stereocenters. The molecule has 27 heavy (non-hydrogen) atoms. The molecule has 1 N–H and O–H groups in total. The van der Waals surface area contributed by atoms with Crippen LogP contribution < -0.4 is 14.2 Å². The van der Waals surface area contributed by atoms with Crippen LogP contribution in [-0.2, 0) is 16.6 Å². The Kier molecular flexibility index (Phi) is 5.59. The predicted molar refractivity (Wildman–Crippen MR) is 97.7 cm³/mol. The fourth-order valence-corrected chi connectivity index (χ4v) is 3.45. The molecule has 142 valence electrons. The fourth-order valence-electron chi connectivity index (χ4n) is 2.33. The van der Waals surface area contributed by atoms with Crippen molar-refractivity contribution in [2.75, 3.05) is 14.2 Å². The second kappa shape index (κ2) is 7.91. The van der Waals surface area contributed by atoms with E-state index < -0.39 is 10.0 Å². The van der Waals surface area contributed by atoms with E-state index in [-0.39, 0.29) is 11.4 Å². The number of tetrazole rings is 1.